The molecule has 0 saturated heterocycles. The lowest BCUT2D eigenvalue weighted by Gasteiger charge is -2.31. The van der Waals surface area contributed by atoms with Gasteiger partial charge in [0.1, 0.15) is 0 Å². The zero-order chi connectivity index (χ0) is 22.3. The van der Waals surface area contributed by atoms with Crippen molar-refractivity contribution >= 4 is 16.7 Å². The Balaban J connectivity index is 1.87. The first kappa shape index (κ1) is 21.8. The molecular weight excluding hydrogens is 395 g/mol. The van der Waals surface area contributed by atoms with Crippen LogP contribution < -0.4 is 5.32 Å². The van der Waals surface area contributed by atoms with Crippen LogP contribution in [0.3, 0.4) is 0 Å². The average Bonchev–Trinajstić information content (AvgIpc) is 3.04. The predicted molar refractivity (Wildman–Crippen MR) is 108 cm³/mol. The van der Waals surface area contributed by atoms with Crippen LogP contribution in [0, 0.1) is 6.92 Å². The Bertz CT molecular complexity index is 1090. The molecule has 2 aromatic carbocycles. The van der Waals surface area contributed by atoms with Crippen molar-refractivity contribution in [2.45, 2.75) is 38.6 Å². The number of amides is 1. The number of fused-ring (bicyclic) bond motifs is 1. The monoisotopic (exact) mass is 419 g/mol. The number of methoxy groups -OCH3 is 1. The second-order valence-corrected chi connectivity index (χ2v) is 7.52. The molecule has 3 aromatic rings. The van der Waals surface area contributed by atoms with Crippen molar-refractivity contribution in [1.29, 1.82) is 0 Å². The Kier molecular flexibility index (Phi) is 5.64. The quantitative estimate of drug-likeness (QED) is 0.647. The number of carbonyl (C=O) groups excluding carboxylic acids is 1. The standard InChI is InChI=1S/C22H24F3N3O2/c1-13(19-12-26-28(4)14(19)2)27-20(29)17-7-6-16-11-18(9-8-15(16)10-17)21(3,30-5)22(23,24)25/h6-13H,1-5H3,(H,27,29). The summed E-state index contributed by atoms with van der Waals surface area (Å²) in [6, 6.07) is 9.05. The number of hydrogen-bond donors (Lipinski definition) is 1. The van der Waals surface area contributed by atoms with Gasteiger partial charge in [-0.15, -0.1) is 0 Å². The van der Waals surface area contributed by atoms with E-state index in [9.17, 15) is 18.0 Å². The second-order valence-electron chi connectivity index (χ2n) is 7.52. The summed E-state index contributed by atoms with van der Waals surface area (Å²) >= 11 is 0. The van der Waals surface area contributed by atoms with E-state index in [0.29, 0.717) is 16.3 Å². The minimum atomic E-state index is -4.56. The first-order valence-corrected chi connectivity index (χ1v) is 9.43. The molecule has 0 aliphatic heterocycles. The smallest absolute Gasteiger partial charge is 0.364 e. The number of aromatic nitrogens is 2. The van der Waals surface area contributed by atoms with E-state index in [1.54, 1.807) is 35.1 Å². The highest BCUT2D eigenvalue weighted by molar-refractivity contribution is 5.98. The van der Waals surface area contributed by atoms with E-state index in [2.05, 4.69) is 10.4 Å². The average molecular weight is 419 g/mol. The molecule has 3 rings (SSSR count). The molecule has 2 unspecified atom stereocenters. The summed E-state index contributed by atoms with van der Waals surface area (Å²) in [6.45, 7) is 4.79. The number of hydrogen-bond acceptors (Lipinski definition) is 3. The van der Waals surface area contributed by atoms with E-state index in [-0.39, 0.29) is 17.5 Å². The fourth-order valence-corrected chi connectivity index (χ4v) is 3.38. The molecular formula is C22H24F3N3O2. The molecule has 0 aliphatic carbocycles. The molecule has 8 heteroatoms. The van der Waals surface area contributed by atoms with Gasteiger partial charge in [-0.3, -0.25) is 9.48 Å². The third-order valence-corrected chi connectivity index (χ3v) is 5.69. The van der Waals surface area contributed by atoms with Gasteiger partial charge in [0.05, 0.1) is 12.2 Å². The second kappa shape index (κ2) is 7.75. The molecule has 0 aliphatic rings. The summed E-state index contributed by atoms with van der Waals surface area (Å²) in [5, 5.41) is 8.38. The lowest BCUT2D eigenvalue weighted by molar-refractivity contribution is -0.269. The minimum absolute atomic E-state index is 0.00266. The molecule has 30 heavy (non-hydrogen) atoms. The van der Waals surface area contributed by atoms with Gasteiger partial charge in [-0.2, -0.15) is 18.3 Å². The Labute approximate surface area is 172 Å². The fourth-order valence-electron chi connectivity index (χ4n) is 3.38. The van der Waals surface area contributed by atoms with E-state index in [1.165, 1.54) is 12.1 Å². The topological polar surface area (TPSA) is 56.1 Å². The van der Waals surface area contributed by atoms with Crippen molar-refractivity contribution in [2.24, 2.45) is 7.05 Å². The fraction of sp³-hybridized carbons (Fsp3) is 0.364. The van der Waals surface area contributed by atoms with E-state index >= 15 is 0 Å². The van der Waals surface area contributed by atoms with Crippen molar-refractivity contribution in [3.63, 3.8) is 0 Å². The number of rotatable bonds is 5. The number of nitrogens with one attached hydrogen (secondary N) is 1. The van der Waals surface area contributed by atoms with E-state index in [4.69, 9.17) is 4.74 Å². The number of alkyl halides is 3. The van der Waals surface area contributed by atoms with Crippen LogP contribution in [0.4, 0.5) is 13.2 Å². The molecule has 0 fully saturated rings. The van der Waals surface area contributed by atoms with Gasteiger partial charge in [0.2, 0.25) is 0 Å². The lowest BCUT2D eigenvalue weighted by atomic mass is 9.92. The molecule has 2 atom stereocenters. The van der Waals surface area contributed by atoms with Gasteiger partial charge < -0.3 is 10.1 Å². The Morgan fingerprint density at radius 2 is 1.80 bits per heavy atom. The summed E-state index contributed by atoms with van der Waals surface area (Å²) in [6.07, 6.45) is -2.84. The normalized spacial score (nSPS) is 15.1. The van der Waals surface area contributed by atoms with Crippen molar-refractivity contribution in [2.75, 3.05) is 7.11 Å². The molecule has 1 N–H and O–H groups in total. The van der Waals surface area contributed by atoms with Crippen LogP contribution in [0.2, 0.25) is 0 Å². The first-order valence-electron chi connectivity index (χ1n) is 9.43. The molecule has 5 nitrogen and oxygen atoms in total. The van der Waals surface area contributed by atoms with Gasteiger partial charge in [0.25, 0.3) is 5.91 Å². The zero-order valence-electron chi connectivity index (χ0n) is 17.5. The van der Waals surface area contributed by atoms with Crippen molar-refractivity contribution in [1.82, 2.24) is 15.1 Å². The maximum absolute atomic E-state index is 13.5. The number of halogens is 3. The van der Waals surface area contributed by atoms with Gasteiger partial charge in [-0.25, -0.2) is 0 Å². The van der Waals surface area contributed by atoms with Crippen LogP contribution in [-0.4, -0.2) is 29.0 Å². The van der Waals surface area contributed by atoms with Crippen molar-refractivity contribution in [3.8, 4) is 0 Å². The van der Waals surface area contributed by atoms with Crippen LogP contribution >= 0.6 is 0 Å². The van der Waals surface area contributed by atoms with Crippen molar-refractivity contribution < 1.29 is 22.7 Å². The van der Waals surface area contributed by atoms with E-state index < -0.39 is 11.8 Å². The van der Waals surface area contributed by atoms with Gasteiger partial charge in [-0.05, 0) is 55.3 Å². The Morgan fingerprint density at radius 3 is 2.37 bits per heavy atom. The van der Waals surface area contributed by atoms with E-state index in [1.807, 2.05) is 20.9 Å². The third-order valence-electron chi connectivity index (χ3n) is 5.69. The summed E-state index contributed by atoms with van der Waals surface area (Å²) < 4.78 is 46.9. The van der Waals surface area contributed by atoms with Gasteiger partial charge >= 0.3 is 6.18 Å². The summed E-state index contributed by atoms with van der Waals surface area (Å²) in [7, 11) is 2.87. The summed E-state index contributed by atoms with van der Waals surface area (Å²) in [5.41, 5.74) is -0.104. The number of nitrogens with zero attached hydrogens (tertiary/aromatic N) is 2. The largest absolute Gasteiger partial charge is 0.421 e. The molecule has 0 saturated carbocycles. The first-order chi connectivity index (χ1) is 14.0. The van der Waals surface area contributed by atoms with Gasteiger partial charge in [-0.1, -0.05) is 18.2 Å². The molecule has 1 aromatic heterocycles. The van der Waals surface area contributed by atoms with Crippen LogP contribution in [0.25, 0.3) is 10.8 Å². The number of carbonyl (C=O) groups is 1. The highest BCUT2D eigenvalue weighted by atomic mass is 19.4. The van der Waals surface area contributed by atoms with Crippen LogP contribution in [0.5, 0.6) is 0 Å². The minimum Gasteiger partial charge on any atom is -0.364 e. The summed E-state index contributed by atoms with van der Waals surface area (Å²) in [5.74, 6) is -0.270. The van der Waals surface area contributed by atoms with Crippen LogP contribution in [-0.2, 0) is 17.4 Å². The van der Waals surface area contributed by atoms with Crippen molar-refractivity contribution in [3.05, 3.63) is 65.0 Å². The molecule has 160 valence electrons. The number of ether oxygens (including phenoxy) is 1. The molecule has 1 amide bonds. The van der Waals surface area contributed by atoms with E-state index in [0.717, 1.165) is 25.3 Å². The van der Waals surface area contributed by atoms with Gasteiger partial charge in [0, 0.05) is 31.0 Å². The van der Waals surface area contributed by atoms with Crippen LogP contribution in [0.15, 0.2) is 42.6 Å². The molecule has 0 spiro atoms. The molecule has 1 heterocycles. The maximum Gasteiger partial charge on any atom is 0.421 e. The molecule has 0 bridgehead atoms. The van der Waals surface area contributed by atoms with Crippen LogP contribution in [0.1, 0.15) is 47.1 Å². The third kappa shape index (κ3) is 3.79. The summed E-state index contributed by atoms with van der Waals surface area (Å²) in [4.78, 5) is 12.7. The SMILES string of the molecule is COC(C)(c1ccc2cc(C(=O)NC(C)c3cnn(C)c3C)ccc2c1)C(F)(F)F. The Hall–Kier alpha value is -2.87. The predicted octanol–water partition coefficient (Wildman–Crippen LogP) is 4.80. The highest BCUT2D eigenvalue weighted by Crippen LogP contribution is 2.42. The lowest BCUT2D eigenvalue weighted by Crippen LogP contribution is -2.41. The molecule has 0 radical (unpaired) electrons. The maximum atomic E-state index is 13.5. The zero-order valence-corrected chi connectivity index (χ0v) is 17.5. The van der Waals surface area contributed by atoms with Gasteiger partial charge in [0.15, 0.2) is 5.60 Å². The number of aryl methyl sites for hydroxylation is 1. The Morgan fingerprint density at radius 1 is 1.17 bits per heavy atom. The highest BCUT2D eigenvalue weighted by Gasteiger charge is 2.53. The number of benzene rings is 2.